The normalized spacial score (nSPS) is 19.0. The summed E-state index contributed by atoms with van der Waals surface area (Å²) < 4.78 is 82.8. The molecule has 2 heterocycles. The lowest BCUT2D eigenvalue weighted by Gasteiger charge is -2.39. The standard InChI is InChI=1S/C24H25F3N2O6S/c1-33-13-23(14-34-2)12-15(17-7-6-16(24(25,26)27)11-21(17)35-23)10-22(30)28-19-4-3-5-20-18(19)8-9-36(31,32)29-20/h3-7,10-11,29H,8-9,12-14H2,1-2H3,(H,28,30)/b15-10+. The highest BCUT2D eigenvalue weighted by molar-refractivity contribution is 7.92. The SMILES string of the molecule is COCC1(COC)C/C(=C\C(=O)Nc2cccc3c2CCS(=O)(=O)N3)c2ccc(C(F)(F)F)cc2O1. The van der Waals surface area contributed by atoms with Crippen molar-refractivity contribution in [3.05, 3.63) is 59.2 Å². The van der Waals surface area contributed by atoms with E-state index in [2.05, 4.69) is 10.0 Å². The summed E-state index contributed by atoms with van der Waals surface area (Å²) in [4.78, 5) is 13.0. The summed E-state index contributed by atoms with van der Waals surface area (Å²) >= 11 is 0. The lowest BCUT2D eigenvalue weighted by molar-refractivity contribution is -0.138. The average molecular weight is 527 g/mol. The molecule has 194 valence electrons. The van der Waals surface area contributed by atoms with Crippen LogP contribution in [0, 0.1) is 0 Å². The highest BCUT2D eigenvalue weighted by Crippen LogP contribution is 2.43. The van der Waals surface area contributed by atoms with Crippen LogP contribution in [0.2, 0.25) is 0 Å². The van der Waals surface area contributed by atoms with Crippen LogP contribution >= 0.6 is 0 Å². The van der Waals surface area contributed by atoms with E-state index in [4.69, 9.17) is 14.2 Å². The zero-order chi connectivity index (χ0) is 26.1. The van der Waals surface area contributed by atoms with E-state index < -0.39 is 33.3 Å². The molecule has 0 bridgehead atoms. The Morgan fingerprint density at radius 2 is 1.92 bits per heavy atom. The molecule has 0 spiro atoms. The van der Waals surface area contributed by atoms with E-state index in [1.54, 1.807) is 18.2 Å². The maximum Gasteiger partial charge on any atom is 0.416 e. The maximum absolute atomic E-state index is 13.4. The van der Waals surface area contributed by atoms with Crippen LogP contribution in [0.3, 0.4) is 0 Å². The van der Waals surface area contributed by atoms with Crippen LogP contribution in [0.5, 0.6) is 5.75 Å². The monoisotopic (exact) mass is 526 g/mol. The van der Waals surface area contributed by atoms with Crippen LogP contribution < -0.4 is 14.8 Å². The molecule has 8 nitrogen and oxygen atoms in total. The smallest absolute Gasteiger partial charge is 0.416 e. The number of carbonyl (C=O) groups is 1. The number of rotatable bonds is 6. The molecule has 12 heteroatoms. The number of anilines is 2. The predicted molar refractivity (Wildman–Crippen MR) is 127 cm³/mol. The molecule has 0 fully saturated rings. The van der Waals surface area contributed by atoms with Gasteiger partial charge in [-0.2, -0.15) is 13.2 Å². The first-order valence-corrected chi connectivity index (χ1v) is 12.6. The van der Waals surface area contributed by atoms with Gasteiger partial charge in [0.25, 0.3) is 0 Å². The van der Waals surface area contributed by atoms with Gasteiger partial charge in [0.2, 0.25) is 15.9 Å². The molecule has 0 saturated heterocycles. The first-order valence-electron chi connectivity index (χ1n) is 11.0. The molecular formula is C24H25F3N2O6S. The zero-order valence-corrected chi connectivity index (χ0v) is 20.4. The van der Waals surface area contributed by atoms with Crippen LogP contribution in [-0.4, -0.2) is 53.1 Å². The van der Waals surface area contributed by atoms with E-state index in [1.165, 1.54) is 26.4 Å². The van der Waals surface area contributed by atoms with E-state index in [0.717, 1.165) is 12.1 Å². The lowest BCUT2D eigenvalue weighted by Crippen LogP contribution is -2.47. The van der Waals surface area contributed by atoms with Gasteiger partial charge in [-0.05, 0) is 36.3 Å². The van der Waals surface area contributed by atoms with Crippen molar-refractivity contribution < 1.29 is 40.6 Å². The van der Waals surface area contributed by atoms with Crippen molar-refractivity contribution in [3.63, 3.8) is 0 Å². The fourth-order valence-corrected chi connectivity index (χ4v) is 5.57. The molecule has 0 radical (unpaired) electrons. The summed E-state index contributed by atoms with van der Waals surface area (Å²) in [6.07, 6.45) is -2.90. The molecule has 2 aliphatic heterocycles. The van der Waals surface area contributed by atoms with Crippen LogP contribution in [0.4, 0.5) is 24.5 Å². The third-order valence-corrected chi connectivity index (χ3v) is 7.21. The maximum atomic E-state index is 13.4. The Morgan fingerprint density at radius 1 is 1.19 bits per heavy atom. The number of methoxy groups -OCH3 is 2. The molecule has 2 aromatic rings. The number of carbonyl (C=O) groups excluding carboxylic acids is 1. The highest BCUT2D eigenvalue weighted by atomic mass is 32.2. The Bertz CT molecular complexity index is 1300. The van der Waals surface area contributed by atoms with Gasteiger partial charge in [0.05, 0.1) is 30.2 Å². The number of nitrogens with one attached hydrogen (secondary N) is 2. The minimum atomic E-state index is -4.57. The molecule has 0 saturated carbocycles. The van der Waals surface area contributed by atoms with Crippen molar-refractivity contribution >= 4 is 32.9 Å². The van der Waals surface area contributed by atoms with Gasteiger partial charge in [-0.1, -0.05) is 12.1 Å². The molecule has 4 rings (SSSR count). The summed E-state index contributed by atoms with van der Waals surface area (Å²) in [5.41, 5.74) is 0.254. The Morgan fingerprint density at radius 3 is 2.58 bits per heavy atom. The number of hydrogen-bond acceptors (Lipinski definition) is 6. The Hall–Kier alpha value is -3.09. The molecule has 0 atom stereocenters. The largest absolute Gasteiger partial charge is 0.481 e. The fraction of sp³-hybridized carbons (Fsp3) is 0.375. The van der Waals surface area contributed by atoms with Crippen molar-refractivity contribution in [1.29, 1.82) is 0 Å². The van der Waals surface area contributed by atoms with Gasteiger partial charge in [-0.15, -0.1) is 0 Å². The second-order valence-corrected chi connectivity index (χ2v) is 10.5. The summed E-state index contributed by atoms with van der Waals surface area (Å²) in [5.74, 6) is -0.671. The molecule has 0 aliphatic carbocycles. The number of ether oxygens (including phenoxy) is 3. The second kappa shape index (κ2) is 9.75. The van der Waals surface area contributed by atoms with Crippen molar-refractivity contribution in [1.82, 2.24) is 0 Å². The van der Waals surface area contributed by atoms with E-state index in [0.29, 0.717) is 28.1 Å². The number of fused-ring (bicyclic) bond motifs is 2. The van der Waals surface area contributed by atoms with Gasteiger partial charge in [-0.3, -0.25) is 9.52 Å². The topological polar surface area (TPSA) is 103 Å². The summed E-state index contributed by atoms with van der Waals surface area (Å²) in [5, 5.41) is 2.77. The fourth-order valence-electron chi connectivity index (χ4n) is 4.47. The summed E-state index contributed by atoms with van der Waals surface area (Å²) in [7, 11) is -0.556. The number of benzene rings is 2. The number of halogens is 3. The molecule has 0 unspecified atom stereocenters. The summed E-state index contributed by atoms with van der Waals surface area (Å²) in [6, 6.07) is 7.99. The third-order valence-electron chi connectivity index (χ3n) is 5.93. The number of hydrogen-bond donors (Lipinski definition) is 2. The van der Waals surface area contributed by atoms with Gasteiger partial charge < -0.3 is 19.5 Å². The van der Waals surface area contributed by atoms with Crippen LogP contribution in [0.15, 0.2) is 42.5 Å². The second-order valence-electron chi connectivity index (χ2n) is 8.70. The first-order chi connectivity index (χ1) is 17.0. The van der Waals surface area contributed by atoms with Crippen LogP contribution in [0.1, 0.15) is 23.1 Å². The minimum Gasteiger partial charge on any atom is -0.481 e. The third kappa shape index (κ3) is 5.50. The molecule has 2 aliphatic rings. The molecule has 0 aromatic heterocycles. The Balaban J connectivity index is 1.70. The number of alkyl halides is 3. The van der Waals surface area contributed by atoms with Gasteiger partial charge in [0, 0.05) is 43.5 Å². The van der Waals surface area contributed by atoms with Crippen molar-refractivity contribution in [2.24, 2.45) is 0 Å². The zero-order valence-electron chi connectivity index (χ0n) is 19.6. The van der Waals surface area contributed by atoms with Gasteiger partial charge in [-0.25, -0.2) is 8.42 Å². The van der Waals surface area contributed by atoms with Gasteiger partial charge in [0.15, 0.2) is 5.60 Å². The molecule has 1 amide bonds. The predicted octanol–water partition coefficient (Wildman–Crippen LogP) is 3.84. The van der Waals surface area contributed by atoms with Gasteiger partial charge in [0.1, 0.15) is 5.75 Å². The number of amides is 1. The number of sulfonamides is 1. The minimum absolute atomic E-state index is 0.0157. The van der Waals surface area contributed by atoms with E-state index in [9.17, 15) is 26.4 Å². The molecule has 2 N–H and O–H groups in total. The quantitative estimate of drug-likeness (QED) is 0.555. The van der Waals surface area contributed by atoms with E-state index in [1.807, 2.05) is 0 Å². The molecule has 2 aromatic carbocycles. The van der Waals surface area contributed by atoms with Crippen LogP contribution in [-0.2, 0) is 36.9 Å². The summed E-state index contributed by atoms with van der Waals surface area (Å²) in [6.45, 7) is 0.0314. The lowest BCUT2D eigenvalue weighted by atomic mass is 9.86. The first kappa shape index (κ1) is 26.0. The highest BCUT2D eigenvalue weighted by Gasteiger charge is 2.41. The van der Waals surface area contributed by atoms with Crippen LogP contribution in [0.25, 0.3) is 5.57 Å². The van der Waals surface area contributed by atoms with Crippen molar-refractivity contribution in [2.45, 2.75) is 24.6 Å². The Kier molecular flexibility index (Phi) is 7.04. The van der Waals surface area contributed by atoms with Crippen molar-refractivity contribution in [3.8, 4) is 5.75 Å². The molecular weight excluding hydrogens is 501 g/mol. The Labute approximate surface area is 206 Å². The van der Waals surface area contributed by atoms with Gasteiger partial charge >= 0.3 is 6.18 Å². The average Bonchev–Trinajstić information content (AvgIpc) is 2.77. The molecule has 36 heavy (non-hydrogen) atoms. The van der Waals surface area contributed by atoms with Crippen molar-refractivity contribution in [2.75, 3.05) is 43.2 Å². The van der Waals surface area contributed by atoms with E-state index in [-0.39, 0.29) is 37.6 Å². The van der Waals surface area contributed by atoms with E-state index >= 15 is 0 Å².